The molecule has 15 heavy (non-hydrogen) atoms. The minimum absolute atomic E-state index is 0.320. The Morgan fingerprint density at radius 1 is 1.47 bits per heavy atom. The zero-order chi connectivity index (χ0) is 11.5. The van der Waals surface area contributed by atoms with Gasteiger partial charge in [0.25, 0.3) is 0 Å². The summed E-state index contributed by atoms with van der Waals surface area (Å²) >= 11 is 3.24. The van der Waals surface area contributed by atoms with Gasteiger partial charge in [-0.25, -0.2) is 9.19 Å². The lowest BCUT2D eigenvalue weighted by molar-refractivity contribution is 0.651. The standard InChI is InChI=1S/C10H13BrN2OS/c1-10(2,3)15(14)13-7-8-4-5-9(11)12-6-8/h4-7H,1-3H3/t15-/m0/s1. The Bertz CT molecular complexity index is 381. The third kappa shape index (κ3) is 4.22. The van der Waals surface area contributed by atoms with Crippen molar-refractivity contribution in [2.24, 2.45) is 4.40 Å². The van der Waals surface area contributed by atoms with E-state index in [1.807, 2.05) is 32.9 Å². The Hall–Kier alpha value is -0.550. The third-order valence-corrected chi connectivity index (χ3v) is 3.39. The van der Waals surface area contributed by atoms with Crippen molar-refractivity contribution in [3.05, 3.63) is 28.5 Å². The number of hydrogen-bond acceptors (Lipinski definition) is 2. The molecule has 0 saturated heterocycles. The smallest absolute Gasteiger partial charge is 0.144 e. The van der Waals surface area contributed by atoms with Gasteiger partial charge in [0.2, 0.25) is 0 Å². The van der Waals surface area contributed by atoms with Crippen LogP contribution in [0.1, 0.15) is 26.3 Å². The summed E-state index contributed by atoms with van der Waals surface area (Å²) in [5.41, 5.74) is 0.843. The molecule has 0 radical (unpaired) electrons. The van der Waals surface area contributed by atoms with Gasteiger partial charge in [0.1, 0.15) is 15.6 Å². The summed E-state index contributed by atoms with van der Waals surface area (Å²) in [5, 5.41) is 0. The van der Waals surface area contributed by atoms with E-state index in [4.69, 9.17) is 0 Å². The molecule has 1 heterocycles. The second kappa shape index (κ2) is 4.99. The van der Waals surface area contributed by atoms with Gasteiger partial charge >= 0.3 is 0 Å². The van der Waals surface area contributed by atoms with Gasteiger partial charge in [0, 0.05) is 18.0 Å². The van der Waals surface area contributed by atoms with Crippen molar-refractivity contribution < 1.29 is 4.21 Å². The van der Waals surface area contributed by atoms with E-state index in [1.54, 1.807) is 12.4 Å². The first kappa shape index (κ1) is 12.5. The maximum Gasteiger partial charge on any atom is 0.144 e. The average Bonchev–Trinajstić information content (AvgIpc) is 2.15. The molecule has 5 heteroatoms. The number of rotatable bonds is 2. The van der Waals surface area contributed by atoms with Crippen LogP contribution in [0.15, 0.2) is 27.3 Å². The lowest BCUT2D eigenvalue weighted by Crippen LogP contribution is -2.19. The summed E-state index contributed by atoms with van der Waals surface area (Å²) in [4.78, 5) is 4.05. The zero-order valence-electron chi connectivity index (χ0n) is 8.90. The summed E-state index contributed by atoms with van der Waals surface area (Å²) in [5.74, 6) is 0. The number of nitrogens with zero attached hydrogens (tertiary/aromatic N) is 2. The largest absolute Gasteiger partial charge is 0.249 e. The monoisotopic (exact) mass is 288 g/mol. The van der Waals surface area contributed by atoms with Crippen LogP contribution in [0.4, 0.5) is 0 Å². The van der Waals surface area contributed by atoms with Gasteiger partial charge in [-0.3, -0.25) is 0 Å². The summed E-state index contributed by atoms with van der Waals surface area (Å²) < 4.78 is 16.0. The van der Waals surface area contributed by atoms with E-state index in [2.05, 4.69) is 25.3 Å². The number of aromatic nitrogens is 1. The fraction of sp³-hybridized carbons (Fsp3) is 0.400. The van der Waals surface area contributed by atoms with E-state index >= 15 is 0 Å². The van der Waals surface area contributed by atoms with Gasteiger partial charge in [0.05, 0.1) is 4.75 Å². The highest BCUT2D eigenvalue weighted by atomic mass is 79.9. The van der Waals surface area contributed by atoms with E-state index in [9.17, 15) is 4.21 Å². The number of halogens is 1. The van der Waals surface area contributed by atoms with Crippen molar-refractivity contribution in [1.82, 2.24) is 4.98 Å². The predicted molar refractivity (Wildman–Crippen MR) is 67.4 cm³/mol. The molecule has 0 aliphatic carbocycles. The molecule has 0 N–H and O–H groups in total. The van der Waals surface area contributed by atoms with Crippen LogP contribution < -0.4 is 0 Å². The van der Waals surface area contributed by atoms with E-state index < -0.39 is 11.0 Å². The van der Waals surface area contributed by atoms with Gasteiger partial charge in [0.15, 0.2) is 0 Å². The van der Waals surface area contributed by atoms with Crippen LogP contribution in [0.5, 0.6) is 0 Å². The van der Waals surface area contributed by atoms with Crippen LogP contribution >= 0.6 is 15.9 Å². The molecule has 1 aromatic rings. The first-order chi connectivity index (χ1) is 6.89. The second-order valence-electron chi connectivity index (χ2n) is 4.01. The molecule has 1 rings (SSSR count). The van der Waals surface area contributed by atoms with Crippen molar-refractivity contribution in [2.45, 2.75) is 25.5 Å². The van der Waals surface area contributed by atoms with Crippen LogP contribution in [-0.4, -0.2) is 20.2 Å². The van der Waals surface area contributed by atoms with Crippen LogP contribution in [-0.2, 0) is 11.0 Å². The Balaban J connectivity index is 2.74. The van der Waals surface area contributed by atoms with Crippen molar-refractivity contribution in [3.8, 4) is 0 Å². The number of pyridine rings is 1. The van der Waals surface area contributed by atoms with Crippen molar-refractivity contribution in [1.29, 1.82) is 0 Å². The van der Waals surface area contributed by atoms with E-state index in [0.29, 0.717) is 0 Å². The first-order valence-electron chi connectivity index (χ1n) is 4.47. The van der Waals surface area contributed by atoms with Gasteiger partial charge in [-0.05, 0) is 48.8 Å². The molecular formula is C10H13BrN2OS. The molecular weight excluding hydrogens is 276 g/mol. The topological polar surface area (TPSA) is 42.3 Å². The predicted octanol–water partition coefficient (Wildman–Crippen LogP) is 2.73. The highest BCUT2D eigenvalue weighted by molar-refractivity contribution is 9.10. The maximum atomic E-state index is 11.6. The van der Waals surface area contributed by atoms with Crippen LogP contribution in [0, 0.1) is 0 Å². The quantitative estimate of drug-likeness (QED) is 0.620. The van der Waals surface area contributed by atoms with Crippen LogP contribution in [0.2, 0.25) is 0 Å². The molecule has 0 aromatic carbocycles. The fourth-order valence-electron chi connectivity index (χ4n) is 0.730. The Kier molecular flexibility index (Phi) is 4.16. The lowest BCUT2D eigenvalue weighted by Gasteiger charge is -2.12. The normalized spacial score (nSPS) is 14.4. The van der Waals surface area contributed by atoms with Crippen molar-refractivity contribution >= 4 is 33.1 Å². The molecule has 3 nitrogen and oxygen atoms in total. The van der Waals surface area contributed by atoms with E-state index in [-0.39, 0.29) is 4.75 Å². The highest BCUT2D eigenvalue weighted by Gasteiger charge is 2.17. The summed E-state index contributed by atoms with van der Waals surface area (Å²) in [6.07, 6.45) is 3.26. The minimum Gasteiger partial charge on any atom is -0.249 e. The van der Waals surface area contributed by atoms with Gasteiger partial charge in [-0.15, -0.1) is 0 Å². The Morgan fingerprint density at radius 2 is 2.13 bits per heavy atom. The first-order valence-corrected chi connectivity index (χ1v) is 6.37. The Morgan fingerprint density at radius 3 is 2.60 bits per heavy atom. The molecule has 82 valence electrons. The summed E-state index contributed by atoms with van der Waals surface area (Å²) in [6.45, 7) is 5.67. The van der Waals surface area contributed by atoms with Crippen LogP contribution in [0.25, 0.3) is 0 Å². The molecule has 1 aromatic heterocycles. The average molecular weight is 289 g/mol. The Labute approximate surface area is 101 Å². The van der Waals surface area contributed by atoms with Gasteiger partial charge in [-0.1, -0.05) is 0 Å². The molecule has 0 unspecified atom stereocenters. The van der Waals surface area contributed by atoms with Crippen LogP contribution in [0.3, 0.4) is 0 Å². The maximum absolute atomic E-state index is 11.6. The molecule has 0 amide bonds. The molecule has 0 aliphatic heterocycles. The second-order valence-corrected chi connectivity index (χ2v) is 6.76. The highest BCUT2D eigenvalue weighted by Crippen LogP contribution is 2.12. The lowest BCUT2D eigenvalue weighted by atomic mass is 10.3. The molecule has 1 atom stereocenters. The van der Waals surface area contributed by atoms with Crippen molar-refractivity contribution in [3.63, 3.8) is 0 Å². The summed E-state index contributed by atoms with van der Waals surface area (Å²) in [7, 11) is -1.21. The molecule has 0 bridgehead atoms. The van der Waals surface area contributed by atoms with E-state index in [1.165, 1.54) is 0 Å². The minimum atomic E-state index is -1.21. The number of hydrogen-bond donors (Lipinski definition) is 0. The zero-order valence-corrected chi connectivity index (χ0v) is 11.3. The molecule has 0 fully saturated rings. The summed E-state index contributed by atoms with van der Waals surface area (Å²) in [6, 6.07) is 3.68. The fourth-order valence-corrected chi connectivity index (χ4v) is 1.50. The SMILES string of the molecule is CC(C)(C)[S@](=O)N=Cc1ccc(Br)nc1. The molecule has 0 saturated carbocycles. The van der Waals surface area contributed by atoms with E-state index in [0.717, 1.165) is 10.2 Å². The molecule has 0 aliphatic rings. The van der Waals surface area contributed by atoms with Gasteiger partial charge in [-0.2, -0.15) is 4.40 Å². The molecule has 0 spiro atoms. The van der Waals surface area contributed by atoms with Gasteiger partial charge < -0.3 is 0 Å². The third-order valence-electron chi connectivity index (χ3n) is 1.57. The van der Waals surface area contributed by atoms with Crippen molar-refractivity contribution in [2.75, 3.05) is 0 Å².